The van der Waals surface area contributed by atoms with Crippen molar-refractivity contribution in [2.75, 3.05) is 13.2 Å². The summed E-state index contributed by atoms with van der Waals surface area (Å²) >= 11 is 0. The Balaban J connectivity index is 1.98. The molecule has 1 atom stereocenters. The maximum Gasteiger partial charge on any atom is 0.343 e. The van der Waals surface area contributed by atoms with Crippen LogP contribution < -0.4 is 10.2 Å². The number of carbonyl (C=O) groups is 1. The molecule has 1 N–H and O–H groups in total. The van der Waals surface area contributed by atoms with Crippen LogP contribution in [0.25, 0.3) is 11.3 Å². The highest BCUT2D eigenvalue weighted by atomic mass is 16.5. The normalized spacial score (nSPS) is 17.1. The number of phenolic OH excluding ortho intramolecular Hbond substituents is 1. The van der Waals surface area contributed by atoms with Crippen molar-refractivity contribution in [3.8, 4) is 22.8 Å². The zero-order chi connectivity index (χ0) is 19.3. The molecule has 1 aromatic heterocycles. The summed E-state index contributed by atoms with van der Waals surface area (Å²) in [6.45, 7) is 6.67. The van der Waals surface area contributed by atoms with E-state index in [-0.39, 0.29) is 35.3 Å². The highest BCUT2D eigenvalue weighted by molar-refractivity contribution is 5.89. The van der Waals surface area contributed by atoms with Crippen LogP contribution in [0.1, 0.15) is 48.3 Å². The van der Waals surface area contributed by atoms with Crippen molar-refractivity contribution in [3.05, 3.63) is 45.2 Å². The number of ether oxygens (including phenoxy) is 2. The summed E-state index contributed by atoms with van der Waals surface area (Å²) in [4.78, 5) is 24.9. The van der Waals surface area contributed by atoms with E-state index in [9.17, 15) is 14.7 Å². The minimum Gasteiger partial charge on any atom is -0.504 e. The van der Waals surface area contributed by atoms with Gasteiger partial charge in [-0.15, -0.1) is 0 Å². The predicted octanol–water partition coefficient (Wildman–Crippen LogP) is 3.09. The molecule has 3 heterocycles. The molecular weight excluding hydrogens is 346 g/mol. The molecule has 2 aromatic rings. The van der Waals surface area contributed by atoms with Gasteiger partial charge >= 0.3 is 5.97 Å². The van der Waals surface area contributed by atoms with E-state index in [1.54, 1.807) is 19.2 Å². The highest BCUT2D eigenvalue weighted by Crippen LogP contribution is 2.47. The SMILES string of the molecule is CCOC(=O)c1cn2c(cc1=O)-c1c(cc(O)c3c1CCO3)CC2C(C)C. The van der Waals surface area contributed by atoms with Gasteiger partial charge in [0.25, 0.3) is 0 Å². The second-order valence-corrected chi connectivity index (χ2v) is 7.42. The molecular formula is C21H23NO5. The van der Waals surface area contributed by atoms with Crippen molar-refractivity contribution < 1.29 is 19.4 Å². The molecule has 0 amide bonds. The standard InChI is InChI=1S/C21H23NO5/c1-4-26-21(25)14-10-22-15(11(2)3)7-12-8-18(24)20-13(5-6-27-20)19(12)16(22)9-17(14)23/h8-11,15,24H,4-7H2,1-3H3. The van der Waals surface area contributed by atoms with E-state index >= 15 is 0 Å². The average molecular weight is 369 g/mol. The Kier molecular flexibility index (Phi) is 4.21. The van der Waals surface area contributed by atoms with E-state index in [2.05, 4.69) is 13.8 Å². The van der Waals surface area contributed by atoms with Gasteiger partial charge in [0, 0.05) is 35.9 Å². The fourth-order valence-corrected chi connectivity index (χ4v) is 4.17. The monoisotopic (exact) mass is 369 g/mol. The molecule has 0 bridgehead atoms. The lowest BCUT2D eigenvalue weighted by atomic mass is 9.84. The minimum absolute atomic E-state index is 0.0568. The summed E-state index contributed by atoms with van der Waals surface area (Å²) in [7, 11) is 0. The number of carbonyl (C=O) groups excluding carboxylic acids is 1. The minimum atomic E-state index is -0.592. The summed E-state index contributed by atoms with van der Waals surface area (Å²) < 4.78 is 12.7. The number of benzene rings is 1. The van der Waals surface area contributed by atoms with E-state index < -0.39 is 5.97 Å². The van der Waals surface area contributed by atoms with Crippen LogP contribution in [-0.2, 0) is 17.6 Å². The average Bonchev–Trinajstić information content (AvgIpc) is 3.10. The van der Waals surface area contributed by atoms with Gasteiger partial charge in [-0.1, -0.05) is 13.8 Å². The first-order valence-corrected chi connectivity index (χ1v) is 9.36. The van der Waals surface area contributed by atoms with Crippen LogP contribution in [0.2, 0.25) is 0 Å². The topological polar surface area (TPSA) is 77.8 Å². The van der Waals surface area contributed by atoms with Crippen molar-refractivity contribution in [1.29, 1.82) is 0 Å². The molecule has 4 rings (SSSR count). The molecule has 27 heavy (non-hydrogen) atoms. The first kappa shape index (κ1) is 17.6. The summed E-state index contributed by atoms with van der Waals surface area (Å²) in [5, 5.41) is 10.3. The third-order valence-electron chi connectivity index (χ3n) is 5.43. The van der Waals surface area contributed by atoms with Gasteiger partial charge < -0.3 is 19.1 Å². The lowest BCUT2D eigenvalue weighted by Gasteiger charge is -2.34. The molecule has 0 spiro atoms. The van der Waals surface area contributed by atoms with Crippen molar-refractivity contribution in [3.63, 3.8) is 0 Å². The summed E-state index contributed by atoms with van der Waals surface area (Å²) in [5.74, 6) is 0.347. The first-order valence-electron chi connectivity index (χ1n) is 9.36. The molecule has 0 aliphatic carbocycles. The fourth-order valence-electron chi connectivity index (χ4n) is 4.17. The van der Waals surface area contributed by atoms with Gasteiger partial charge in [0.15, 0.2) is 16.9 Å². The number of hydrogen-bond donors (Lipinski definition) is 1. The van der Waals surface area contributed by atoms with Crippen molar-refractivity contribution >= 4 is 5.97 Å². The summed E-state index contributed by atoms with van der Waals surface area (Å²) in [5.41, 5.74) is 3.37. The summed E-state index contributed by atoms with van der Waals surface area (Å²) in [6, 6.07) is 3.35. The Morgan fingerprint density at radius 1 is 1.41 bits per heavy atom. The molecule has 2 aliphatic heterocycles. The van der Waals surface area contributed by atoms with E-state index in [4.69, 9.17) is 9.47 Å². The number of nitrogens with zero attached hydrogens (tertiary/aromatic N) is 1. The Morgan fingerprint density at radius 3 is 2.89 bits per heavy atom. The van der Waals surface area contributed by atoms with Crippen LogP contribution in [-0.4, -0.2) is 28.9 Å². The number of phenols is 1. The Bertz CT molecular complexity index is 989. The molecule has 1 unspecified atom stereocenters. The van der Waals surface area contributed by atoms with E-state index in [1.807, 2.05) is 4.57 Å². The predicted molar refractivity (Wildman–Crippen MR) is 101 cm³/mol. The Labute approximate surface area is 157 Å². The van der Waals surface area contributed by atoms with Gasteiger partial charge in [-0.25, -0.2) is 4.79 Å². The van der Waals surface area contributed by atoms with E-state index in [0.717, 1.165) is 22.4 Å². The number of rotatable bonds is 3. The van der Waals surface area contributed by atoms with Crippen molar-refractivity contribution in [2.24, 2.45) is 5.92 Å². The largest absolute Gasteiger partial charge is 0.504 e. The number of aromatic hydroxyl groups is 1. The maximum absolute atomic E-state index is 12.7. The Morgan fingerprint density at radius 2 is 2.19 bits per heavy atom. The van der Waals surface area contributed by atoms with Crippen molar-refractivity contribution in [2.45, 2.75) is 39.7 Å². The molecule has 0 fully saturated rings. The molecule has 2 aliphatic rings. The smallest absolute Gasteiger partial charge is 0.343 e. The zero-order valence-electron chi connectivity index (χ0n) is 15.7. The lowest BCUT2D eigenvalue weighted by Crippen LogP contribution is -2.29. The van der Waals surface area contributed by atoms with Crippen LogP contribution in [0.5, 0.6) is 11.5 Å². The van der Waals surface area contributed by atoms with Gasteiger partial charge in [0.1, 0.15) is 5.56 Å². The third kappa shape index (κ3) is 2.71. The molecule has 6 nitrogen and oxygen atoms in total. The number of pyridine rings is 1. The van der Waals surface area contributed by atoms with E-state index in [0.29, 0.717) is 25.2 Å². The molecule has 0 radical (unpaired) electrons. The quantitative estimate of drug-likeness (QED) is 0.842. The van der Waals surface area contributed by atoms with Crippen LogP contribution in [0.15, 0.2) is 23.1 Å². The van der Waals surface area contributed by atoms with Gasteiger partial charge in [0.2, 0.25) is 0 Å². The van der Waals surface area contributed by atoms with Gasteiger partial charge in [-0.3, -0.25) is 4.79 Å². The number of fused-ring (bicyclic) bond motifs is 5. The summed E-state index contributed by atoms with van der Waals surface area (Å²) in [6.07, 6.45) is 3.04. The number of esters is 1. The molecule has 142 valence electrons. The van der Waals surface area contributed by atoms with Crippen LogP contribution in [0.4, 0.5) is 0 Å². The zero-order valence-corrected chi connectivity index (χ0v) is 15.7. The second kappa shape index (κ2) is 6.44. The van der Waals surface area contributed by atoms with Gasteiger partial charge in [-0.2, -0.15) is 0 Å². The third-order valence-corrected chi connectivity index (χ3v) is 5.43. The van der Waals surface area contributed by atoms with Gasteiger partial charge in [-0.05, 0) is 30.9 Å². The van der Waals surface area contributed by atoms with Crippen LogP contribution in [0.3, 0.4) is 0 Å². The molecule has 0 saturated carbocycles. The molecule has 0 saturated heterocycles. The van der Waals surface area contributed by atoms with Crippen LogP contribution in [0, 0.1) is 5.92 Å². The molecule has 6 heteroatoms. The van der Waals surface area contributed by atoms with E-state index in [1.165, 1.54) is 6.07 Å². The highest BCUT2D eigenvalue weighted by Gasteiger charge is 2.33. The second-order valence-electron chi connectivity index (χ2n) is 7.42. The number of aromatic nitrogens is 1. The fraction of sp³-hybridized carbons (Fsp3) is 0.429. The van der Waals surface area contributed by atoms with Gasteiger partial charge in [0.05, 0.1) is 18.9 Å². The van der Waals surface area contributed by atoms with Crippen LogP contribution >= 0.6 is 0 Å². The maximum atomic E-state index is 12.7. The lowest BCUT2D eigenvalue weighted by molar-refractivity contribution is 0.0523. The van der Waals surface area contributed by atoms with Crippen molar-refractivity contribution in [1.82, 2.24) is 4.57 Å². The number of hydrogen-bond acceptors (Lipinski definition) is 5. The first-order chi connectivity index (χ1) is 12.9. The molecule has 1 aromatic carbocycles. The Hall–Kier alpha value is -2.76.